The van der Waals surface area contributed by atoms with Crippen LogP contribution in [-0.2, 0) is 11.2 Å². The van der Waals surface area contributed by atoms with E-state index in [-0.39, 0.29) is 31.2 Å². The number of benzene rings is 1. The van der Waals surface area contributed by atoms with Crippen molar-refractivity contribution < 1.29 is 24.1 Å². The molecular weight excluding hydrogens is 383 g/mol. The van der Waals surface area contributed by atoms with Gasteiger partial charge in [0.1, 0.15) is 18.5 Å². The molecule has 6 nitrogen and oxygen atoms in total. The number of rotatable bonds is 9. The second-order valence-electron chi connectivity index (χ2n) is 6.29. The molecule has 1 atom stereocenters. The Balaban J connectivity index is 1.90. The summed E-state index contributed by atoms with van der Waals surface area (Å²) in [6, 6.07) is 8.54. The Morgan fingerprint density at radius 2 is 2.18 bits per heavy atom. The highest BCUT2D eigenvalue weighted by molar-refractivity contribution is 7.98. The summed E-state index contributed by atoms with van der Waals surface area (Å²) >= 11 is 1.46. The molecule has 0 saturated heterocycles. The number of thioether (sulfide) groups is 1. The predicted octanol–water partition coefficient (Wildman–Crippen LogP) is 2.34. The number of aliphatic hydroxyl groups is 2. The van der Waals surface area contributed by atoms with Crippen LogP contribution >= 0.6 is 11.8 Å². The predicted molar refractivity (Wildman–Crippen MR) is 104 cm³/mol. The molecule has 0 saturated carbocycles. The molecule has 2 heterocycles. The molecule has 1 aromatic carbocycles. The summed E-state index contributed by atoms with van der Waals surface area (Å²) in [6.45, 7) is -0.827. The molecule has 148 valence electrons. The van der Waals surface area contributed by atoms with Crippen molar-refractivity contribution in [2.24, 2.45) is 0 Å². The normalized spacial score (nSPS) is 12.4. The van der Waals surface area contributed by atoms with E-state index < -0.39 is 12.7 Å². The molecule has 0 aliphatic heterocycles. The van der Waals surface area contributed by atoms with Crippen molar-refractivity contribution in [3.63, 3.8) is 0 Å². The first kappa shape index (κ1) is 20.5. The number of hydrogen-bond donors (Lipinski definition) is 2. The Bertz CT molecular complexity index is 976. The topological polar surface area (TPSA) is 84.1 Å². The van der Waals surface area contributed by atoms with Gasteiger partial charge in [-0.25, -0.2) is 9.37 Å². The smallest absolute Gasteiger partial charge is 0.190 e. The van der Waals surface area contributed by atoms with E-state index >= 15 is 0 Å². The second kappa shape index (κ2) is 9.29. The Morgan fingerprint density at radius 3 is 2.89 bits per heavy atom. The highest BCUT2D eigenvalue weighted by Crippen LogP contribution is 2.24. The number of fused-ring (bicyclic) bond motifs is 1. The molecule has 2 N–H and O–H groups in total. The molecule has 28 heavy (non-hydrogen) atoms. The number of carbonyl (C=O) groups excluding carboxylic acids is 1. The highest BCUT2D eigenvalue weighted by atomic mass is 32.2. The Labute approximate surface area is 166 Å². The van der Waals surface area contributed by atoms with Crippen molar-refractivity contribution in [2.45, 2.75) is 17.4 Å². The minimum absolute atomic E-state index is 0.142. The van der Waals surface area contributed by atoms with Crippen LogP contribution in [0.25, 0.3) is 5.52 Å². The molecule has 0 spiro atoms. The second-order valence-corrected chi connectivity index (χ2v) is 7.17. The van der Waals surface area contributed by atoms with Gasteiger partial charge in [-0.2, -0.15) is 0 Å². The first-order chi connectivity index (χ1) is 13.5. The van der Waals surface area contributed by atoms with Gasteiger partial charge >= 0.3 is 0 Å². The largest absolute Gasteiger partial charge is 0.394 e. The van der Waals surface area contributed by atoms with E-state index in [4.69, 9.17) is 9.84 Å². The lowest BCUT2D eigenvalue weighted by atomic mass is 10.0. The van der Waals surface area contributed by atoms with Crippen molar-refractivity contribution in [1.82, 2.24) is 9.38 Å². The highest BCUT2D eigenvalue weighted by Gasteiger charge is 2.19. The molecule has 0 aliphatic rings. The number of carbonyl (C=O) groups is 1. The van der Waals surface area contributed by atoms with E-state index in [1.807, 2.05) is 12.3 Å². The van der Waals surface area contributed by atoms with Gasteiger partial charge in [-0.05, 0) is 36.1 Å². The lowest BCUT2D eigenvalue weighted by molar-refractivity contribution is 0.00895. The van der Waals surface area contributed by atoms with Crippen molar-refractivity contribution >= 4 is 23.1 Å². The number of ketones is 1. The third-order valence-corrected chi connectivity index (χ3v) is 5.08. The molecule has 3 rings (SSSR count). The van der Waals surface area contributed by atoms with E-state index in [1.54, 1.807) is 35.1 Å². The van der Waals surface area contributed by atoms with Gasteiger partial charge in [0.25, 0.3) is 0 Å². The number of Topliss-reactive ketones (excluding diaryl/α,β-unsaturated/α-hetero) is 1. The summed E-state index contributed by atoms with van der Waals surface area (Å²) in [7, 11) is 0. The van der Waals surface area contributed by atoms with Gasteiger partial charge in [-0.15, -0.1) is 11.8 Å². The van der Waals surface area contributed by atoms with Crippen molar-refractivity contribution in [2.75, 3.05) is 26.1 Å². The Kier molecular flexibility index (Phi) is 6.79. The number of aliphatic hydroxyl groups excluding tert-OH is 2. The van der Waals surface area contributed by atoms with Gasteiger partial charge in [0.05, 0.1) is 19.5 Å². The molecule has 8 heteroatoms. The molecule has 0 fully saturated rings. The summed E-state index contributed by atoms with van der Waals surface area (Å²) in [5, 5.41) is 18.2. The maximum atomic E-state index is 14.5. The van der Waals surface area contributed by atoms with Crippen LogP contribution < -0.4 is 0 Å². The van der Waals surface area contributed by atoms with Gasteiger partial charge < -0.3 is 19.4 Å². The number of hydrogen-bond acceptors (Lipinski definition) is 6. The van der Waals surface area contributed by atoms with Crippen LogP contribution in [0.15, 0.2) is 47.8 Å². The Morgan fingerprint density at radius 1 is 1.36 bits per heavy atom. The third kappa shape index (κ3) is 4.59. The van der Waals surface area contributed by atoms with Gasteiger partial charge in [0, 0.05) is 34.3 Å². The maximum absolute atomic E-state index is 14.5. The van der Waals surface area contributed by atoms with Gasteiger partial charge in [-0.3, -0.25) is 4.79 Å². The zero-order valence-electron chi connectivity index (χ0n) is 15.3. The number of ether oxygens (including phenoxy) is 1. The quantitative estimate of drug-likeness (QED) is 0.421. The summed E-state index contributed by atoms with van der Waals surface area (Å²) in [5.74, 6) is -0.614. The SMILES string of the molecule is CSc1ccc(Cc2c(C(=O)COC[C@H](O)CO)cc3ccncn23)c(F)c1. The first-order valence-electron chi connectivity index (χ1n) is 8.69. The van der Waals surface area contributed by atoms with Crippen molar-refractivity contribution in [3.05, 3.63) is 65.5 Å². The maximum Gasteiger partial charge on any atom is 0.190 e. The van der Waals surface area contributed by atoms with E-state index in [2.05, 4.69) is 4.98 Å². The molecule has 3 aromatic rings. The number of aromatic nitrogens is 2. The zero-order valence-corrected chi connectivity index (χ0v) is 16.2. The minimum atomic E-state index is -1.03. The van der Waals surface area contributed by atoms with Crippen LogP contribution in [0, 0.1) is 5.82 Å². The molecule has 0 amide bonds. The summed E-state index contributed by atoms with van der Waals surface area (Å²) in [6.07, 6.45) is 4.28. The van der Waals surface area contributed by atoms with Crippen LogP contribution in [-0.4, -0.2) is 57.6 Å². The fraction of sp³-hybridized carbons (Fsp3) is 0.300. The van der Waals surface area contributed by atoms with Gasteiger partial charge in [-0.1, -0.05) is 6.07 Å². The zero-order chi connectivity index (χ0) is 20.1. The van der Waals surface area contributed by atoms with Crippen LogP contribution in [0.5, 0.6) is 0 Å². The van der Waals surface area contributed by atoms with Crippen molar-refractivity contribution in [3.8, 4) is 0 Å². The van der Waals surface area contributed by atoms with E-state index in [0.717, 1.165) is 10.4 Å². The number of nitrogens with zero attached hydrogens (tertiary/aromatic N) is 2. The fourth-order valence-electron chi connectivity index (χ4n) is 2.89. The standard InChI is InChI=1S/C20H21FN2O4S/c1-28-16-3-2-13(18(21)8-16)6-19-17(7-14-4-5-22-12-23(14)19)20(26)11-27-10-15(25)9-24/h2-5,7-8,12,15,24-25H,6,9-11H2,1H3/t15-/m1/s1. The summed E-state index contributed by atoms with van der Waals surface area (Å²) < 4.78 is 21.5. The molecular formula is C20H21FN2O4S. The third-order valence-electron chi connectivity index (χ3n) is 4.36. The molecule has 2 aromatic heterocycles. The Hall–Kier alpha value is -2.26. The van der Waals surface area contributed by atoms with Gasteiger partial charge in [0.15, 0.2) is 5.78 Å². The van der Waals surface area contributed by atoms with E-state index in [1.165, 1.54) is 17.8 Å². The fourth-order valence-corrected chi connectivity index (χ4v) is 3.32. The van der Waals surface area contributed by atoms with Crippen LogP contribution in [0.2, 0.25) is 0 Å². The van der Waals surface area contributed by atoms with Gasteiger partial charge in [0.2, 0.25) is 0 Å². The average Bonchev–Trinajstić information content (AvgIpc) is 3.07. The summed E-state index contributed by atoms with van der Waals surface area (Å²) in [4.78, 5) is 17.6. The van der Waals surface area contributed by atoms with E-state index in [9.17, 15) is 14.3 Å². The number of halogens is 1. The van der Waals surface area contributed by atoms with Crippen LogP contribution in [0.1, 0.15) is 21.6 Å². The molecule has 0 aliphatic carbocycles. The minimum Gasteiger partial charge on any atom is -0.394 e. The van der Waals surface area contributed by atoms with Crippen molar-refractivity contribution in [1.29, 1.82) is 0 Å². The van der Waals surface area contributed by atoms with E-state index in [0.29, 0.717) is 16.8 Å². The monoisotopic (exact) mass is 404 g/mol. The van der Waals surface area contributed by atoms with Crippen LogP contribution in [0.3, 0.4) is 0 Å². The summed E-state index contributed by atoms with van der Waals surface area (Å²) in [5.41, 5.74) is 2.28. The first-order valence-corrected chi connectivity index (χ1v) is 9.92. The molecule has 0 radical (unpaired) electrons. The lowest BCUT2D eigenvalue weighted by Gasteiger charge is -2.10. The molecule has 0 unspecified atom stereocenters. The molecule has 0 bridgehead atoms. The lowest BCUT2D eigenvalue weighted by Crippen LogP contribution is -2.22. The van der Waals surface area contributed by atoms with Crippen LogP contribution in [0.4, 0.5) is 4.39 Å². The average molecular weight is 404 g/mol.